The lowest BCUT2D eigenvalue weighted by atomic mass is 10.1. The maximum Gasteiger partial charge on any atom is 0.191 e. The van der Waals surface area contributed by atoms with E-state index in [-0.39, 0.29) is 13.2 Å². The predicted molar refractivity (Wildman–Crippen MR) is 58.5 cm³/mol. The van der Waals surface area contributed by atoms with Crippen LogP contribution in [0.25, 0.3) is 0 Å². The molecule has 15 heavy (non-hydrogen) atoms. The van der Waals surface area contributed by atoms with Crippen molar-refractivity contribution < 1.29 is 14.6 Å². The summed E-state index contributed by atoms with van der Waals surface area (Å²) in [5, 5.41) is 8.76. The van der Waals surface area contributed by atoms with E-state index >= 15 is 0 Å². The molecule has 0 fully saturated rings. The molecule has 1 aromatic rings. The second-order valence-electron chi connectivity index (χ2n) is 3.32. The summed E-state index contributed by atoms with van der Waals surface area (Å²) in [4.78, 5) is 0. The van der Waals surface area contributed by atoms with Crippen molar-refractivity contribution in [3.63, 3.8) is 0 Å². The summed E-state index contributed by atoms with van der Waals surface area (Å²) in [6, 6.07) is 9.73. The topological polar surface area (TPSA) is 38.7 Å². The number of hydrogen-bond donors (Lipinski definition) is 1. The smallest absolute Gasteiger partial charge is 0.191 e. The number of aliphatic hydroxyl groups excluding tert-OH is 1. The van der Waals surface area contributed by atoms with Crippen molar-refractivity contribution >= 4 is 0 Å². The lowest BCUT2D eigenvalue weighted by Crippen LogP contribution is -2.30. The molecule has 84 valence electrons. The molecular formula is C12H18O3. The molecule has 1 aromatic carbocycles. The van der Waals surface area contributed by atoms with Gasteiger partial charge in [-0.25, -0.2) is 0 Å². The molecule has 0 aliphatic carbocycles. The molecular weight excluding hydrogens is 192 g/mol. The van der Waals surface area contributed by atoms with E-state index in [1.165, 1.54) is 0 Å². The molecule has 0 saturated heterocycles. The zero-order valence-electron chi connectivity index (χ0n) is 9.27. The Morgan fingerprint density at radius 1 is 1.20 bits per heavy atom. The molecule has 0 spiro atoms. The number of aliphatic hydroxyl groups is 1. The summed E-state index contributed by atoms with van der Waals surface area (Å²) in [5.74, 6) is -0.765. The van der Waals surface area contributed by atoms with E-state index in [2.05, 4.69) is 0 Å². The molecule has 0 heterocycles. The van der Waals surface area contributed by atoms with E-state index in [0.717, 1.165) is 5.56 Å². The van der Waals surface area contributed by atoms with Crippen LogP contribution in [0.2, 0.25) is 0 Å². The van der Waals surface area contributed by atoms with Crippen LogP contribution in [0.4, 0.5) is 0 Å². The first kappa shape index (κ1) is 12.2. The van der Waals surface area contributed by atoms with Crippen molar-refractivity contribution in [3.05, 3.63) is 35.9 Å². The van der Waals surface area contributed by atoms with Crippen LogP contribution in [0.5, 0.6) is 0 Å². The maximum atomic E-state index is 8.76. The van der Waals surface area contributed by atoms with Crippen molar-refractivity contribution in [2.45, 2.75) is 19.6 Å². The third kappa shape index (κ3) is 3.30. The molecule has 1 unspecified atom stereocenters. The van der Waals surface area contributed by atoms with Gasteiger partial charge in [0.05, 0.1) is 13.2 Å². The van der Waals surface area contributed by atoms with Gasteiger partial charge in [0.1, 0.15) is 0 Å². The largest absolute Gasteiger partial charge is 0.394 e. The van der Waals surface area contributed by atoms with Crippen molar-refractivity contribution in [1.29, 1.82) is 0 Å². The van der Waals surface area contributed by atoms with E-state index < -0.39 is 5.79 Å². The molecule has 1 N–H and O–H groups in total. The first-order chi connectivity index (χ1) is 7.23. The number of rotatable bonds is 6. The van der Waals surface area contributed by atoms with Gasteiger partial charge in [0, 0.05) is 12.2 Å². The summed E-state index contributed by atoms with van der Waals surface area (Å²) in [5.41, 5.74) is 0.959. The molecule has 0 saturated carbocycles. The van der Waals surface area contributed by atoms with Crippen LogP contribution in [-0.4, -0.2) is 24.9 Å². The van der Waals surface area contributed by atoms with Crippen LogP contribution in [0.15, 0.2) is 30.3 Å². The van der Waals surface area contributed by atoms with E-state index in [1.807, 2.05) is 44.2 Å². The normalized spacial score (nSPS) is 14.9. The third-order valence-corrected chi connectivity index (χ3v) is 2.19. The fourth-order valence-electron chi connectivity index (χ4n) is 1.47. The number of ether oxygens (including phenoxy) is 2. The minimum absolute atomic E-state index is 0.00447. The first-order valence-corrected chi connectivity index (χ1v) is 5.17. The molecule has 0 aliphatic rings. The molecule has 3 nitrogen and oxygen atoms in total. The first-order valence-electron chi connectivity index (χ1n) is 5.17. The number of benzene rings is 1. The van der Waals surface area contributed by atoms with Crippen LogP contribution in [0, 0.1) is 0 Å². The third-order valence-electron chi connectivity index (χ3n) is 2.19. The summed E-state index contributed by atoms with van der Waals surface area (Å²) >= 11 is 0. The van der Waals surface area contributed by atoms with Gasteiger partial charge in [-0.3, -0.25) is 0 Å². The number of hydrogen-bond acceptors (Lipinski definition) is 3. The molecule has 3 heteroatoms. The minimum Gasteiger partial charge on any atom is -0.394 e. The van der Waals surface area contributed by atoms with Gasteiger partial charge in [-0.15, -0.1) is 0 Å². The summed E-state index contributed by atoms with van der Waals surface area (Å²) in [6.45, 7) is 4.61. The highest BCUT2D eigenvalue weighted by molar-refractivity contribution is 5.19. The Hall–Kier alpha value is -0.900. The van der Waals surface area contributed by atoms with Crippen molar-refractivity contribution in [1.82, 2.24) is 0 Å². The van der Waals surface area contributed by atoms with E-state index in [1.54, 1.807) is 0 Å². The van der Waals surface area contributed by atoms with Crippen LogP contribution in [0.3, 0.4) is 0 Å². The quantitative estimate of drug-likeness (QED) is 0.729. The molecule has 0 amide bonds. The van der Waals surface area contributed by atoms with Crippen molar-refractivity contribution in [2.75, 3.05) is 19.8 Å². The average Bonchev–Trinajstić information content (AvgIpc) is 2.28. The molecule has 0 aromatic heterocycles. The van der Waals surface area contributed by atoms with Crippen molar-refractivity contribution in [3.8, 4) is 0 Å². The van der Waals surface area contributed by atoms with Gasteiger partial charge in [0.25, 0.3) is 0 Å². The monoisotopic (exact) mass is 210 g/mol. The maximum absolute atomic E-state index is 8.76. The molecule has 1 atom stereocenters. The van der Waals surface area contributed by atoms with E-state index in [9.17, 15) is 0 Å². The van der Waals surface area contributed by atoms with E-state index in [4.69, 9.17) is 14.6 Å². The summed E-state index contributed by atoms with van der Waals surface area (Å²) in [6.07, 6.45) is 0. The summed E-state index contributed by atoms with van der Waals surface area (Å²) in [7, 11) is 0. The van der Waals surface area contributed by atoms with Crippen LogP contribution in [0.1, 0.15) is 19.4 Å². The Morgan fingerprint density at radius 2 is 1.87 bits per heavy atom. The summed E-state index contributed by atoms with van der Waals surface area (Å²) < 4.78 is 11.1. The Kier molecular flexibility index (Phi) is 4.75. The standard InChI is InChI=1S/C12H18O3/c1-3-14-12(2,15-10-9-13)11-7-5-4-6-8-11/h4-8,13H,3,9-10H2,1-2H3. The van der Waals surface area contributed by atoms with Crippen LogP contribution >= 0.6 is 0 Å². The van der Waals surface area contributed by atoms with Gasteiger partial charge >= 0.3 is 0 Å². The highest BCUT2D eigenvalue weighted by Gasteiger charge is 2.27. The molecule has 0 bridgehead atoms. The minimum atomic E-state index is -0.765. The van der Waals surface area contributed by atoms with Gasteiger partial charge in [-0.2, -0.15) is 0 Å². The highest BCUT2D eigenvalue weighted by atomic mass is 16.7. The van der Waals surface area contributed by atoms with Crippen LogP contribution < -0.4 is 0 Å². The molecule has 0 aliphatic heterocycles. The van der Waals surface area contributed by atoms with Gasteiger partial charge < -0.3 is 14.6 Å². The van der Waals surface area contributed by atoms with Crippen LogP contribution in [-0.2, 0) is 15.3 Å². The zero-order valence-corrected chi connectivity index (χ0v) is 9.27. The Balaban J connectivity index is 2.80. The van der Waals surface area contributed by atoms with Gasteiger partial charge in [0.15, 0.2) is 5.79 Å². The van der Waals surface area contributed by atoms with Gasteiger partial charge in [-0.05, 0) is 13.8 Å². The Morgan fingerprint density at radius 3 is 2.40 bits per heavy atom. The molecule has 0 radical (unpaired) electrons. The fourth-order valence-corrected chi connectivity index (χ4v) is 1.47. The second-order valence-corrected chi connectivity index (χ2v) is 3.32. The SMILES string of the molecule is CCOC(C)(OCCO)c1ccccc1. The average molecular weight is 210 g/mol. The Labute approximate surface area is 90.6 Å². The van der Waals surface area contributed by atoms with E-state index in [0.29, 0.717) is 6.61 Å². The fraction of sp³-hybridized carbons (Fsp3) is 0.500. The predicted octanol–water partition coefficient (Wildman–Crippen LogP) is 1.90. The zero-order chi connectivity index (χ0) is 11.1. The lowest BCUT2D eigenvalue weighted by molar-refractivity contribution is -0.235. The lowest BCUT2D eigenvalue weighted by Gasteiger charge is -2.29. The second kappa shape index (κ2) is 5.85. The van der Waals surface area contributed by atoms with Crippen molar-refractivity contribution in [2.24, 2.45) is 0 Å². The Bertz CT molecular complexity index is 273. The highest BCUT2D eigenvalue weighted by Crippen LogP contribution is 2.26. The van der Waals surface area contributed by atoms with Gasteiger partial charge in [-0.1, -0.05) is 30.3 Å². The molecule has 1 rings (SSSR count). The van der Waals surface area contributed by atoms with Gasteiger partial charge in [0.2, 0.25) is 0 Å².